The molecule has 3 N–H and O–H groups in total. The van der Waals surface area contributed by atoms with Gasteiger partial charge in [0.25, 0.3) is 0 Å². The molecule has 2 fully saturated rings. The third-order valence-corrected chi connectivity index (χ3v) is 9.18. The van der Waals surface area contributed by atoms with Crippen molar-refractivity contribution in [3.8, 4) is 17.3 Å². The van der Waals surface area contributed by atoms with Crippen molar-refractivity contribution >= 4 is 5.78 Å². The van der Waals surface area contributed by atoms with Crippen molar-refractivity contribution in [1.29, 1.82) is 5.26 Å². The van der Waals surface area contributed by atoms with Gasteiger partial charge in [0.1, 0.15) is 28.8 Å². The summed E-state index contributed by atoms with van der Waals surface area (Å²) in [5, 5.41) is 20.5. The zero-order chi connectivity index (χ0) is 30.2. The molecule has 3 aromatic rings. The standard InChI is InChI=1S/C32H33F3N4O3/c1-18-11-19(13-28(37)31(18,2)41)22-5-8-38-16-20(22)12-27(40)26-4-3-23(33)30(39-26)29-24(34)14-21(15-25(29)35)32(17-36)6-9-42-10-7-32/h3-5,8,14-16,18-19,28,41H,6-7,9-13,37H2,1-2H3/t18-,19+,28+,31+/m0/s1. The van der Waals surface area contributed by atoms with Crippen molar-refractivity contribution in [2.45, 2.75) is 68.9 Å². The van der Waals surface area contributed by atoms with Crippen molar-refractivity contribution in [1.82, 2.24) is 9.97 Å². The number of halogens is 3. The van der Waals surface area contributed by atoms with E-state index in [1.807, 2.05) is 13.0 Å². The first-order valence-corrected chi connectivity index (χ1v) is 14.1. The summed E-state index contributed by atoms with van der Waals surface area (Å²) >= 11 is 0. The molecule has 0 amide bonds. The molecule has 1 aliphatic carbocycles. The number of nitrogens with two attached hydrogens (primary N) is 1. The molecule has 0 radical (unpaired) electrons. The third-order valence-electron chi connectivity index (χ3n) is 9.18. The van der Waals surface area contributed by atoms with Crippen molar-refractivity contribution in [2.75, 3.05) is 13.2 Å². The van der Waals surface area contributed by atoms with E-state index in [4.69, 9.17) is 10.5 Å². The van der Waals surface area contributed by atoms with Gasteiger partial charge in [0.15, 0.2) is 5.78 Å². The van der Waals surface area contributed by atoms with E-state index in [0.717, 1.165) is 23.8 Å². The number of hydrogen-bond donors (Lipinski definition) is 2. The minimum absolute atomic E-state index is 0.00750. The molecule has 0 spiro atoms. The minimum Gasteiger partial charge on any atom is -0.388 e. The van der Waals surface area contributed by atoms with Crippen molar-refractivity contribution in [2.24, 2.45) is 11.7 Å². The number of benzene rings is 1. The maximum atomic E-state index is 15.4. The molecule has 1 saturated carbocycles. The second-order valence-electron chi connectivity index (χ2n) is 11.7. The number of nitrogens with zero attached hydrogens (tertiary/aromatic N) is 3. The molecule has 220 valence electrons. The highest BCUT2D eigenvalue weighted by atomic mass is 19.1. The first-order chi connectivity index (χ1) is 20.0. The SMILES string of the molecule is C[C@H]1C[C@@H](c2ccncc2CC(=O)c2ccc(F)c(-c3c(F)cc(C4(C#N)CCOCC4)cc3F)n2)C[C@@H](N)[C@]1(C)O. The van der Waals surface area contributed by atoms with Crippen LogP contribution in [0.4, 0.5) is 13.2 Å². The fourth-order valence-corrected chi connectivity index (χ4v) is 6.21. The lowest BCUT2D eigenvalue weighted by Gasteiger charge is -2.44. The maximum absolute atomic E-state index is 15.4. The first-order valence-electron chi connectivity index (χ1n) is 14.1. The Morgan fingerprint density at radius 1 is 1.14 bits per heavy atom. The predicted molar refractivity (Wildman–Crippen MR) is 149 cm³/mol. The molecule has 4 atom stereocenters. The van der Waals surface area contributed by atoms with Crippen LogP contribution in [0.3, 0.4) is 0 Å². The van der Waals surface area contributed by atoms with Gasteiger partial charge >= 0.3 is 0 Å². The molecule has 2 aromatic heterocycles. The molecule has 10 heteroatoms. The Hall–Kier alpha value is -3.65. The van der Waals surface area contributed by atoms with Crippen LogP contribution < -0.4 is 5.73 Å². The molecule has 0 unspecified atom stereocenters. The molecule has 7 nitrogen and oxygen atoms in total. The first kappa shape index (κ1) is 29.8. The molecular weight excluding hydrogens is 545 g/mol. The highest BCUT2D eigenvalue weighted by molar-refractivity contribution is 5.96. The second kappa shape index (κ2) is 11.6. The number of pyridine rings is 2. The molecule has 5 rings (SSSR count). The van der Waals surface area contributed by atoms with E-state index in [2.05, 4.69) is 16.0 Å². The fraction of sp³-hybridized carbons (Fsp3) is 0.438. The van der Waals surface area contributed by atoms with Crippen LogP contribution >= 0.6 is 0 Å². The minimum atomic E-state index is -1.11. The number of carbonyl (C=O) groups excluding carboxylic acids is 1. The fourth-order valence-electron chi connectivity index (χ4n) is 6.21. The van der Waals surface area contributed by atoms with E-state index in [-0.39, 0.29) is 55.6 Å². The molecule has 0 bridgehead atoms. The maximum Gasteiger partial charge on any atom is 0.185 e. The lowest BCUT2D eigenvalue weighted by atomic mass is 9.67. The summed E-state index contributed by atoms with van der Waals surface area (Å²) in [6.45, 7) is 4.24. The van der Waals surface area contributed by atoms with Crippen LogP contribution in [0, 0.1) is 34.7 Å². The van der Waals surface area contributed by atoms with Crippen LogP contribution in [0.25, 0.3) is 11.3 Å². The zero-order valence-corrected chi connectivity index (χ0v) is 23.5. The van der Waals surface area contributed by atoms with Crippen LogP contribution in [-0.4, -0.2) is 45.7 Å². The number of nitriles is 1. The Morgan fingerprint density at radius 2 is 1.83 bits per heavy atom. The van der Waals surface area contributed by atoms with E-state index < -0.39 is 51.6 Å². The highest BCUT2D eigenvalue weighted by Gasteiger charge is 2.42. The number of aromatic nitrogens is 2. The summed E-state index contributed by atoms with van der Waals surface area (Å²) < 4.78 is 51.0. The number of hydrogen-bond acceptors (Lipinski definition) is 7. The Bertz CT molecular complexity index is 1510. The predicted octanol–water partition coefficient (Wildman–Crippen LogP) is 5.15. The normalized spacial score (nSPS) is 25.5. The molecule has 42 heavy (non-hydrogen) atoms. The number of aliphatic hydroxyl groups is 1. The van der Waals surface area contributed by atoms with Gasteiger partial charge in [0.05, 0.1) is 22.6 Å². The molecule has 1 aliphatic heterocycles. The smallest absolute Gasteiger partial charge is 0.185 e. The van der Waals surface area contributed by atoms with Crippen molar-refractivity contribution < 1.29 is 27.8 Å². The number of ketones is 1. The summed E-state index contributed by atoms with van der Waals surface area (Å²) in [6.07, 6.45) is 4.84. The number of carbonyl (C=O) groups is 1. The van der Waals surface area contributed by atoms with Crippen molar-refractivity contribution in [3.05, 3.63) is 82.6 Å². The highest BCUT2D eigenvalue weighted by Crippen LogP contribution is 2.42. The molecule has 1 aromatic carbocycles. The summed E-state index contributed by atoms with van der Waals surface area (Å²) in [7, 11) is 0. The van der Waals surface area contributed by atoms with Crippen LogP contribution in [-0.2, 0) is 16.6 Å². The molecular formula is C32H33F3N4O3. The van der Waals surface area contributed by atoms with Crippen LogP contribution in [0.5, 0.6) is 0 Å². The van der Waals surface area contributed by atoms with E-state index in [9.17, 15) is 19.6 Å². The topological polar surface area (TPSA) is 122 Å². The summed E-state index contributed by atoms with van der Waals surface area (Å²) in [4.78, 5) is 21.6. The Labute approximate surface area is 242 Å². The number of ether oxygens (including phenoxy) is 1. The average molecular weight is 579 g/mol. The van der Waals surface area contributed by atoms with Gasteiger partial charge in [-0.25, -0.2) is 18.2 Å². The number of Topliss-reactive ketones (excluding diaryl/α,β-unsaturated/α-hetero) is 1. The molecule has 1 saturated heterocycles. The Kier molecular flexibility index (Phi) is 8.21. The van der Waals surface area contributed by atoms with Crippen molar-refractivity contribution in [3.63, 3.8) is 0 Å². The quantitative estimate of drug-likeness (QED) is 0.388. The van der Waals surface area contributed by atoms with E-state index in [1.54, 1.807) is 19.3 Å². The number of rotatable bonds is 6. The molecule has 2 aliphatic rings. The monoisotopic (exact) mass is 578 g/mol. The third kappa shape index (κ3) is 5.44. The lowest BCUT2D eigenvalue weighted by Crippen LogP contribution is -2.54. The summed E-state index contributed by atoms with van der Waals surface area (Å²) in [6, 6.07) is 7.78. The lowest BCUT2D eigenvalue weighted by molar-refractivity contribution is -0.0464. The van der Waals surface area contributed by atoms with E-state index in [1.165, 1.54) is 6.07 Å². The Balaban J connectivity index is 1.44. The van der Waals surface area contributed by atoms with Gasteiger partial charge in [-0.2, -0.15) is 5.26 Å². The second-order valence-corrected chi connectivity index (χ2v) is 11.7. The van der Waals surface area contributed by atoms with E-state index in [0.29, 0.717) is 18.4 Å². The van der Waals surface area contributed by atoms with Gasteiger partial charge in [-0.3, -0.25) is 9.78 Å². The van der Waals surface area contributed by atoms with Gasteiger partial charge in [-0.1, -0.05) is 6.92 Å². The van der Waals surface area contributed by atoms with Crippen LogP contribution in [0.15, 0.2) is 42.7 Å². The largest absolute Gasteiger partial charge is 0.388 e. The van der Waals surface area contributed by atoms with E-state index >= 15 is 8.78 Å². The summed E-state index contributed by atoms with van der Waals surface area (Å²) in [5.74, 6) is -3.70. The van der Waals surface area contributed by atoms with Gasteiger partial charge in [0.2, 0.25) is 0 Å². The van der Waals surface area contributed by atoms with Gasteiger partial charge in [-0.15, -0.1) is 0 Å². The zero-order valence-electron chi connectivity index (χ0n) is 23.5. The average Bonchev–Trinajstić information content (AvgIpc) is 2.97. The van der Waals surface area contributed by atoms with Crippen LogP contribution in [0.2, 0.25) is 0 Å². The molecule has 3 heterocycles. The summed E-state index contributed by atoms with van der Waals surface area (Å²) in [5.41, 5.74) is 4.37. The van der Waals surface area contributed by atoms with Gasteiger partial charge < -0.3 is 15.6 Å². The van der Waals surface area contributed by atoms with Gasteiger partial charge in [-0.05, 0) is 91.5 Å². The van der Waals surface area contributed by atoms with Crippen LogP contribution in [0.1, 0.15) is 72.6 Å². The Morgan fingerprint density at radius 3 is 2.48 bits per heavy atom. The van der Waals surface area contributed by atoms with Gasteiger partial charge in [0, 0.05) is 38.1 Å².